The molecule has 18 heavy (non-hydrogen) atoms. The van der Waals surface area contributed by atoms with E-state index in [-0.39, 0.29) is 5.41 Å². The molecule has 100 valence electrons. The Labute approximate surface area is 115 Å². The monoisotopic (exact) mass is 267 g/mol. The molecule has 1 fully saturated rings. The normalized spacial score (nSPS) is 30.9. The molecule has 0 heterocycles. The van der Waals surface area contributed by atoms with Crippen molar-refractivity contribution in [2.45, 2.75) is 45.8 Å². The molecular formula is C15H22ClNO. The van der Waals surface area contributed by atoms with Crippen LogP contribution < -0.4 is 5.32 Å². The highest BCUT2D eigenvalue weighted by molar-refractivity contribution is 6.30. The number of hydrogen-bond donors (Lipinski definition) is 1. The van der Waals surface area contributed by atoms with Crippen molar-refractivity contribution < 1.29 is 4.74 Å². The molecule has 0 aromatic heterocycles. The molecule has 0 saturated heterocycles. The Bertz CT molecular complexity index is 392. The van der Waals surface area contributed by atoms with E-state index in [0.29, 0.717) is 12.1 Å². The lowest BCUT2D eigenvalue weighted by molar-refractivity contribution is -0.109. The zero-order chi connectivity index (χ0) is 13.2. The molecule has 2 nitrogen and oxygen atoms in total. The predicted octanol–water partition coefficient (Wildman–Crippen LogP) is 4.35. The fourth-order valence-electron chi connectivity index (χ4n) is 2.72. The predicted molar refractivity (Wildman–Crippen MR) is 77.3 cm³/mol. The summed E-state index contributed by atoms with van der Waals surface area (Å²) in [5.74, 6) is 0. The third-order valence-corrected chi connectivity index (χ3v) is 4.55. The van der Waals surface area contributed by atoms with E-state index in [2.05, 4.69) is 26.1 Å². The van der Waals surface area contributed by atoms with Crippen molar-refractivity contribution in [1.29, 1.82) is 0 Å². The van der Waals surface area contributed by atoms with Crippen LogP contribution in [0.3, 0.4) is 0 Å². The smallest absolute Gasteiger partial charge is 0.0667 e. The fourth-order valence-corrected chi connectivity index (χ4v) is 2.85. The number of anilines is 1. The summed E-state index contributed by atoms with van der Waals surface area (Å²) in [5, 5.41) is 4.37. The Morgan fingerprint density at radius 2 is 2.00 bits per heavy atom. The van der Waals surface area contributed by atoms with Crippen molar-refractivity contribution in [3.8, 4) is 0 Å². The zero-order valence-electron chi connectivity index (χ0n) is 11.4. The summed E-state index contributed by atoms with van der Waals surface area (Å²) in [6.07, 6.45) is 2.60. The number of nitrogens with one attached hydrogen (secondary N) is 1. The van der Waals surface area contributed by atoms with Gasteiger partial charge in [-0.25, -0.2) is 0 Å². The Hall–Kier alpha value is -0.730. The van der Waals surface area contributed by atoms with Gasteiger partial charge in [0.2, 0.25) is 0 Å². The molecule has 1 N–H and O–H groups in total. The maximum Gasteiger partial charge on any atom is 0.0667 e. The molecular weight excluding hydrogens is 246 g/mol. The molecule has 1 aromatic carbocycles. The van der Waals surface area contributed by atoms with Crippen molar-refractivity contribution in [2.24, 2.45) is 5.41 Å². The summed E-state index contributed by atoms with van der Waals surface area (Å²) in [5.41, 5.74) is 1.37. The van der Waals surface area contributed by atoms with Crippen LogP contribution in [0.1, 0.15) is 33.6 Å². The van der Waals surface area contributed by atoms with Crippen molar-refractivity contribution in [3.05, 3.63) is 29.3 Å². The van der Waals surface area contributed by atoms with Crippen LogP contribution in [0.4, 0.5) is 5.69 Å². The van der Waals surface area contributed by atoms with E-state index in [1.165, 1.54) is 0 Å². The van der Waals surface area contributed by atoms with E-state index in [9.17, 15) is 0 Å². The molecule has 3 heteroatoms. The van der Waals surface area contributed by atoms with Crippen LogP contribution in [0.15, 0.2) is 24.3 Å². The number of hydrogen-bond acceptors (Lipinski definition) is 2. The standard InChI is InChI=1S/C15H22ClNO/c1-4-15(3)13(10-14(15)18-5-2)17-12-8-6-11(16)7-9-12/h6-9,13-14,17H,4-5,10H2,1-3H3. The van der Waals surface area contributed by atoms with Crippen LogP contribution in [0.5, 0.6) is 0 Å². The summed E-state index contributed by atoms with van der Waals surface area (Å²) >= 11 is 5.90. The second-order valence-corrected chi connectivity index (χ2v) is 5.68. The number of halogens is 1. The van der Waals surface area contributed by atoms with Gasteiger partial charge in [0, 0.05) is 28.8 Å². The third-order valence-electron chi connectivity index (χ3n) is 4.30. The van der Waals surface area contributed by atoms with Gasteiger partial charge in [0.15, 0.2) is 0 Å². The average Bonchev–Trinajstić information content (AvgIpc) is 2.39. The SMILES string of the molecule is CCOC1CC(Nc2ccc(Cl)cc2)C1(C)CC. The van der Waals surface area contributed by atoms with E-state index in [0.717, 1.165) is 30.2 Å². The van der Waals surface area contributed by atoms with Gasteiger partial charge in [0.05, 0.1) is 6.10 Å². The molecule has 0 amide bonds. The molecule has 0 aliphatic heterocycles. The molecule has 1 saturated carbocycles. The maximum absolute atomic E-state index is 5.90. The van der Waals surface area contributed by atoms with Crippen LogP contribution >= 0.6 is 11.6 Å². The first kappa shape index (κ1) is 13.7. The van der Waals surface area contributed by atoms with Gasteiger partial charge in [-0.15, -0.1) is 0 Å². The van der Waals surface area contributed by atoms with E-state index < -0.39 is 0 Å². The summed E-state index contributed by atoms with van der Waals surface area (Å²) in [6, 6.07) is 8.40. The third kappa shape index (κ3) is 2.50. The highest BCUT2D eigenvalue weighted by atomic mass is 35.5. The van der Waals surface area contributed by atoms with Crippen LogP contribution in [0.25, 0.3) is 0 Å². The van der Waals surface area contributed by atoms with Gasteiger partial charge in [-0.05, 0) is 44.0 Å². The Balaban J connectivity index is 2.00. The number of ether oxygens (including phenoxy) is 1. The quantitative estimate of drug-likeness (QED) is 0.857. The minimum atomic E-state index is 0.232. The van der Waals surface area contributed by atoms with Gasteiger partial charge in [0.1, 0.15) is 0 Å². The van der Waals surface area contributed by atoms with Crippen molar-refractivity contribution >= 4 is 17.3 Å². The molecule has 0 radical (unpaired) electrons. The van der Waals surface area contributed by atoms with E-state index in [4.69, 9.17) is 16.3 Å². The Morgan fingerprint density at radius 1 is 1.33 bits per heavy atom. The Kier molecular flexibility index (Phi) is 4.18. The lowest BCUT2D eigenvalue weighted by atomic mass is 9.61. The van der Waals surface area contributed by atoms with Crippen LogP contribution in [0, 0.1) is 5.41 Å². The van der Waals surface area contributed by atoms with E-state index in [1.807, 2.05) is 24.3 Å². The van der Waals surface area contributed by atoms with Gasteiger partial charge in [-0.3, -0.25) is 0 Å². The maximum atomic E-state index is 5.90. The van der Waals surface area contributed by atoms with Crippen LogP contribution in [-0.2, 0) is 4.74 Å². The fraction of sp³-hybridized carbons (Fsp3) is 0.600. The van der Waals surface area contributed by atoms with Gasteiger partial charge < -0.3 is 10.1 Å². The number of benzene rings is 1. The second kappa shape index (κ2) is 5.50. The van der Waals surface area contributed by atoms with Crippen molar-refractivity contribution in [3.63, 3.8) is 0 Å². The topological polar surface area (TPSA) is 21.3 Å². The lowest BCUT2D eigenvalue weighted by Gasteiger charge is -2.54. The average molecular weight is 268 g/mol. The first-order valence-corrected chi connectivity index (χ1v) is 7.11. The molecule has 1 aliphatic carbocycles. The minimum absolute atomic E-state index is 0.232. The summed E-state index contributed by atoms with van der Waals surface area (Å²) in [7, 11) is 0. The Morgan fingerprint density at radius 3 is 2.56 bits per heavy atom. The molecule has 0 spiro atoms. The summed E-state index contributed by atoms with van der Waals surface area (Å²) in [6.45, 7) is 7.41. The van der Waals surface area contributed by atoms with Gasteiger partial charge in [0.25, 0.3) is 0 Å². The van der Waals surface area contributed by atoms with Crippen LogP contribution in [-0.4, -0.2) is 18.8 Å². The molecule has 3 atom stereocenters. The summed E-state index contributed by atoms with van der Waals surface area (Å²) in [4.78, 5) is 0. The number of rotatable bonds is 5. The van der Waals surface area contributed by atoms with Gasteiger partial charge in [-0.2, -0.15) is 0 Å². The highest BCUT2D eigenvalue weighted by Crippen LogP contribution is 2.47. The molecule has 0 bridgehead atoms. The summed E-state index contributed by atoms with van der Waals surface area (Å²) < 4.78 is 5.81. The largest absolute Gasteiger partial charge is 0.382 e. The van der Waals surface area contributed by atoms with Gasteiger partial charge >= 0.3 is 0 Å². The van der Waals surface area contributed by atoms with E-state index >= 15 is 0 Å². The minimum Gasteiger partial charge on any atom is -0.382 e. The van der Waals surface area contributed by atoms with Gasteiger partial charge in [-0.1, -0.05) is 25.4 Å². The van der Waals surface area contributed by atoms with Crippen molar-refractivity contribution in [1.82, 2.24) is 0 Å². The highest BCUT2D eigenvalue weighted by Gasteiger charge is 2.51. The van der Waals surface area contributed by atoms with Crippen molar-refractivity contribution in [2.75, 3.05) is 11.9 Å². The molecule has 1 aliphatic rings. The zero-order valence-corrected chi connectivity index (χ0v) is 12.1. The molecule has 2 rings (SSSR count). The first-order chi connectivity index (χ1) is 8.60. The molecule has 1 aromatic rings. The lowest BCUT2D eigenvalue weighted by Crippen LogP contribution is -2.59. The molecule has 3 unspecified atom stereocenters. The van der Waals surface area contributed by atoms with E-state index in [1.54, 1.807) is 0 Å². The van der Waals surface area contributed by atoms with Crippen LogP contribution in [0.2, 0.25) is 5.02 Å². The first-order valence-electron chi connectivity index (χ1n) is 6.74. The second-order valence-electron chi connectivity index (χ2n) is 5.24.